The highest BCUT2D eigenvalue weighted by Gasteiger charge is 2.16. The normalized spacial score (nSPS) is 12.7. The van der Waals surface area contributed by atoms with Gasteiger partial charge >= 0.3 is 0 Å². The fourth-order valence-electron chi connectivity index (χ4n) is 3.58. The number of aliphatic imine (C=N–C) groups is 1. The van der Waals surface area contributed by atoms with Crippen LogP contribution in [0.4, 0.5) is 0 Å². The molecule has 29 heavy (non-hydrogen) atoms. The molecule has 0 bridgehead atoms. The zero-order valence-corrected chi connectivity index (χ0v) is 20.3. The summed E-state index contributed by atoms with van der Waals surface area (Å²) in [5, 5.41) is 8.06. The standard InChI is InChI=1S/C21H31N5O2.HI/c1-6-17-16(18(7-2)26(5)24-17)12-23-21(22-8-3)25(4)13-15-9-10-19-20(11-15)28-14-27-19;/h9-11H,6-8,12-14H2,1-5H3,(H,22,23);1H. The molecule has 0 fully saturated rings. The molecule has 1 aromatic carbocycles. The van der Waals surface area contributed by atoms with Crippen LogP contribution in [0.25, 0.3) is 0 Å². The van der Waals surface area contributed by atoms with Crippen LogP contribution in [0.2, 0.25) is 0 Å². The molecular formula is C21H32IN5O2. The fraction of sp³-hybridized carbons (Fsp3) is 0.524. The summed E-state index contributed by atoms with van der Waals surface area (Å²) < 4.78 is 12.9. The van der Waals surface area contributed by atoms with Crippen molar-refractivity contribution in [1.82, 2.24) is 20.0 Å². The Hall–Kier alpha value is -1.97. The molecule has 1 aromatic heterocycles. The van der Waals surface area contributed by atoms with Crippen molar-refractivity contribution in [3.8, 4) is 11.5 Å². The maximum atomic E-state index is 5.49. The van der Waals surface area contributed by atoms with E-state index in [1.54, 1.807) is 0 Å². The predicted octanol–water partition coefficient (Wildman–Crippen LogP) is 3.49. The van der Waals surface area contributed by atoms with Crippen molar-refractivity contribution < 1.29 is 9.47 Å². The van der Waals surface area contributed by atoms with Crippen LogP contribution in [-0.4, -0.2) is 41.0 Å². The van der Waals surface area contributed by atoms with Crippen molar-refractivity contribution >= 4 is 29.9 Å². The van der Waals surface area contributed by atoms with Crippen molar-refractivity contribution in [1.29, 1.82) is 0 Å². The molecule has 0 atom stereocenters. The van der Waals surface area contributed by atoms with Crippen molar-refractivity contribution in [2.45, 2.75) is 46.7 Å². The van der Waals surface area contributed by atoms with Gasteiger partial charge in [0.25, 0.3) is 0 Å². The minimum atomic E-state index is 0. The summed E-state index contributed by atoms with van der Waals surface area (Å²) in [6.07, 6.45) is 1.88. The molecule has 0 saturated heterocycles. The molecule has 160 valence electrons. The van der Waals surface area contributed by atoms with E-state index in [4.69, 9.17) is 14.5 Å². The second kappa shape index (κ2) is 10.7. The average molecular weight is 513 g/mol. The summed E-state index contributed by atoms with van der Waals surface area (Å²) in [4.78, 5) is 7.04. The van der Waals surface area contributed by atoms with E-state index in [1.165, 1.54) is 11.3 Å². The molecule has 0 unspecified atom stereocenters. The molecule has 0 aliphatic carbocycles. The van der Waals surface area contributed by atoms with Crippen molar-refractivity contribution in [3.05, 3.63) is 40.7 Å². The van der Waals surface area contributed by atoms with Gasteiger partial charge in [-0.05, 0) is 37.5 Å². The highest BCUT2D eigenvalue weighted by molar-refractivity contribution is 14.0. The molecule has 1 aliphatic rings. The van der Waals surface area contributed by atoms with E-state index in [0.717, 1.165) is 54.6 Å². The number of hydrogen-bond donors (Lipinski definition) is 1. The van der Waals surface area contributed by atoms with Gasteiger partial charge in [0, 0.05) is 38.4 Å². The third-order valence-electron chi connectivity index (χ3n) is 4.97. The van der Waals surface area contributed by atoms with Gasteiger partial charge in [-0.1, -0.05) is 19.9 Å². The third-order valence-corrected chi connectivity index (χ3v) is 4.97. The number of aryl methyl sites for hydroxylation is 2. The maximum Gasteiger partial charge on any atom is 0.231 e. The Labute approximate surface area is 190 Å². The molecular weight excluding hydrogens is 481 g/mol. The first-order chi connectivity index (χ1) is 13.6. The summed E-state index contributed by atoms with van der Waals surface area (Å²) in [5.41, 5.74) is 4.80. The Morgan fingerprint density at radius 3 is 2.66 bits per heavy atom. The summed E-state index contributed by atoms with van der Waals surface area (Å²) in [5.74, 6) is 2.50. The molecule has 7 nitrogen and oxygen atoms in total. The average Bonchev–Trinajstić information content (AvgIpc) is 3.27. The zero-order valence-electron chi connectivity index (χ0n) is 18.0. The lowest BCUT2D eigenvalue weighted by Crippen LogP contribution is -2.38. The Morgan fingerprint density at radius 1 is 1.21 bits per heavy atom. The van der Waals surface area contributed by atoms with E-state index < -0.39 is 0 Å². The van der Waals surface area contributed by atoms with Crippen LogP contribution in [-0.2, 0) is 33.0 Å². The van der Waals surface area contributed by atoms with Gasteiger partial charge in [0.15, 0.2) is 17.5 Å². The highest BCUT2D eigenvalue weighted by Crippen LogP contribution is 2.32. The van der Waals surface area contributed by atoms with Crippen molar-refractivity contribution in [3.63, 3.8) is 0 Å². The summed E-state index contributed by atoms with van der Waals surface area (Å²) >= 11 is 0. The van der Waals surface area contributed by atoms with Gasteiger partial charge in [0.1, 0.15) is 0 Å². The Balaban J connectivity index is 0.00000300. The van der Waals surface area contributed by atoms with Crippen LogP contribution in [0.3, 0.4) is 0 Å². The lowest BCUT2D eigenvalue weighted by atomic mass is 10.1. The van der Waals surface area contributed by atoms with E-state index in [1.807, 2.05) is 23.9 Å². The van der Waals surface area contributed by atoms with Gasteiger partial charge in [-0.3, -0.25) is 4.68 Å². The van der Waals surface area contributed by atoms with Crippen LogP contribution in [0.15, 0.2) is 23.2 Å². The van der Waals surface area contributed by atoms with Gasteiger partial charge in [0.05, 0.1) is 12.2 Å². The number of rotatable bonds is 7. The smallest absolute Gasteiger partial charge is 0.231 e. The number of nitrogens with zero attached hydrogens (tertiary/aromatic N) is 4. The molecule has 8 heteroatoms. The molecule has 1 aliphatic heterocycles. The maximum absolute atomic E-state index is 5.49. The molecule has 0 spiro atoms. The van der Waals surface area contributed by atoms with Gasteiger partial charge in [-0.2, -0.15) is 5.10 Å². The molecule has 2 heterocycles. The molecule has 0 amide bonds. The van der Waals surface area contributed by atoms with Gasteiger partial charge in [-0.15, -0.1) is 24.0 Å². The summed E-state index contributed by atoms with van der Waals surface area (Å²) in [6.45, 7) is 8.88. The number of nitrogens with one attached hydrogen (secondary N) is 1. The zero-order chi connectivity index (χ0) is 20.1. The van der Waals surface area contributed by atoms with Gasteiger partial charge < -0.3 is 19.7 Å². The molecule has 1 N–H and O–H groups in total. The van der Waals surface area contributed by atoms with Crippen LogP contribution >= 0.6 is 24.0 Å². The topological polar surface area (TPSA) is 63.9 Å². The van der Waals surface area contributed by atoms with E-state index in [-0.39, 0.29) is 24.0 Å². The second-order valence-electron chi connectivity index (χ2n) is 6.92. The van der Waals surface area contributed by atoms with E-state index in [0.29, 0.717) is 13.3 Å². The number of guanidine groups is 1. The number of aromatic nitrogens is 2. The van der Waals surface area contributed by atoms with Crippen LogP contribution in [0, 0.1) is 0 Å². The molecule has 3 rings (SSSR count). The van der Waals surface area contributed by atoms with Crippen molar-refractivity contribution in [2.24, 2.45) is 12.0 Å². The lowest BCUT2D eigenvalue weighted by molar-refractivity contribution is 0.174. The molecule has 2 aromatic rings. The monoisotopic (exact) mass is 513 g/mol. The van der Waals surface area contributed by atoms with E-state index in [9.17, 15) is 0 Å². The SMILES string of the molecule is CCNC(=NCc1c(CC)nn(C)c1CC)N(C)Cc1ccc2c(c1)OCO2.I. The second-order valence-corrected chi connectivity index (χ2v) is 6.92. The number of hydrogen-bond acceptors (Lipinski definition) is 4. The Bertz CT molecular complexity index is 850. The summed E-state index contributed by atoms with van der Waals surface area (Å²) in [7, 11) is 4.07. The van der Waals surface area contributed by atoms with Crippen LogP contribution < -0.4 is 14.8 Å². The molecule has 0 radical (unpaired) electrons. The Kier molecular flexibility index (Phi) is 8.60. The van der Waals surface area contributed by atoms with E-state index in [2.05, 4.69) is 49.2 Å². The number of fused-ring (bicyclic) bond motifs is 1. The number of benzene rings is 1. The first-order valence-corrected chi connectivity index (χ1v) is 9.98. The minimum absolute atomic E-state index is 0. The number of ether oxygens (including phenoxy) is 2. The van der Waals surface area contributed by atoms with Crippen LogP contribution in [0.1, 0.15) is 43.3 Å². The van der Waals surface area contributed by atoms with Crippen LogP contribution in [0.5, 0.6) is 11.5 Å². The largest absolute Gasteiger partial charge is 0.454 e. The van der Waals surface area contributed by atoms with Gasteiger partial charge in [-0.25, -0.2) is 4.99 Å². The first kappa shape index (κ1) is 23.3. The minimum Gasteiger partial charge on any atom is -0.454 e. The highest BCUT2D eigenvalue weighted by atomic mass is 127. The lowest BCUT2D eigenvalue weighted by Gasteiger charge is -2.22. The van der Waals surface area contributed by atoms with E-state index >= 15 is 0 Å². The Morgan fingerprint density at radius 2 is 1.97 bits per heavy atom. The summed E-state index contributed by atoms with van der Waals surface area (Å²) in [6, 6.07) is 6.07. The number of halogens is 1. The third kappa shape index (κ3) is 5.34. The predicted molar refractivity (Wildman–Crippen MR) is 126 cm³/mol. The quantitative estimate of drug-likeness (QED) is 0.349. The van der Waals surface area contributed by atoms with Gasteiger partial charge in [0.2, 0.25) is 6.79 Å². The first-order valence-electron chi connectivity index (χ1n) is 9.98. The molecule has 0 saturated carbocycles. The van der Waals surface area contributed by atoms with Crippen molar-refractivity contribution in [2.75, 3.05) is 20.4 Å². The fourth-order valence-corrected chi connectivity index (χ4v) is 3.58.